The molecule has 1 heterocycles. The molecule has 9 nitrogen and oxygen atoms in total. The molecule has 490 valence electrons. The van der Waals surface area contributed by atoms with Crippen molar-refractivity contribution in [3.05, 3.63) is 150 Å². The highest BCUT2D eigenvalue weighted by Gasteiger charge is 2.23. The summed E-state index contributed by atoms with van der Waals surface area (Å²) in [4.78, 5) is 10.1. The zero-order valence-electron chi connectivity index (χ0n) is 53.2. The fourth-order valence-electron chi connectivity index (χ4n) is 8.00. The van der Waals surface area contributed by atoms with Gasteiger partial charge in [-0.05, 0) is 184 Å². The van der Waals surface area contributed by atoms with Crippen molar-refractivity contribution in [3.63, 3.8) is 0 Å². The van der Waals surface area contributed by atoms with Crippen molar-refractivity contribution in [3.8, 4) is 28.7 Å². The number of halogens is 6. The van der Waals surface area contributed by atoms with Gasteiger partial charge in [-0.15, -0.1) is 0 Å². The summed E-state index contributed by atoms with van der Waals surface area (Å²) < 4.78 is 95.4. The zero-order valence-corrected chi connectivity index (χ0v) is 54.8. The van der Waals surface area contributed by atoms with Gasteiger partial charge in [0.15, 0.2) is 0 Å². The van der Waals surface area contributed by atoms with Gasteiger partial charge in [0, 0.05) is 18.4 Å². The van der Waals surface area contributed by atoms with Gasteiger partial charge in [-0.3, -0.25) is 0 Å². The van der Waals surface area contributed by atoms with Crippen molar-refractivity contribution in [2.45, 2.75) is 195 Å². The first kappa shape index (κ1) is 79.8. The summed E-state index contributed by atoms with van der Waals surface area (Å²) in [5.41, 5.74) is 0. The van der Waals surface area contributed by atoms with E-state index in [1.54, 1.807) is 60.7 Å². The van der Waals surface area contributed by atoms with Gasteiger partial charge in [0.25, 0.3) is 0 Å². The summed E-state index contributed by atoms with van der Waals surface area (Å²) in [7, 11) is 0. The number of aliphatic hydroxyl groups is 2. The van der Waals surface area contributed by atoms with Gasteiger partial charge in [0.1, 0.15) is 83.4 Å². The maximum absolute atomic E-state index is 12.7. The van der Waals surface area contributed by atoms with E-state index in [0.717, 1.165) is 95.9 Å². The van der Waals surface area contributed by atoms with Crippen LogP contribution in [-0.2, 0) is 9.53 Å². The van der Waals surface area contributed by atoms with Crippen molar-refractivity contribution in [1.82, 2.24) is 0 Å². The van der Waals surface area contributed by atoms with Crippen molar-refractivity contribution < 1.29 is 65.4 Å². The second-order valence-corrected chi connectivity index (χ2v) is 23.0. The molecule has 2 N–H and O–H groups in total. The molecular formula is C72H106BrF5O9. The lowest BCUT2D eigenvalue weighted by atomic mass is 10.0. The molecular weight excluding hydrogens is 1180 g/mol. The zero-order chi connectivity index (χ0) is 64.0. The van der Waals surface area contributed by atoms with Gasteiger partial charge in [0.05, 0.1) is 32.5 Å². The van der Waals surface area contributed by atoms with E-state index in [9.17, 15) is 31.9 Å². The Balaban J connectivity index is 0.000000533. The number of carbonyl (C=O) groups is 1. The summed E-state index contributed by atoms with van der Waals surface area (Å²) in [6.45, 7) is 17.0. The third-order valence-electron chi connectivity index (χ3n) is 13.5. The van der Waals surface area contributed by atoms with Crippen LogP contribution < -0.4 is 23.7 Å². The lowest BCUT2D eigenvalue weighted by molar-refractivity contribution is -0.107. The molecule has 5 unspecified atom stereocenters. The summed E-state index contributed by atoms with van der Waals surface area (Å²) in [5, 5.41) is 19.5. The van der Waals surface area contributed by atoms with Crippen LogP contribution in [0, 0.1) is 46.8 Å². The molecule has 1 aliphatic rings. The predicted molar refractivity (Wildman–Crippen MR) is 348 cm³/mol. The molecule has 1 saturated heterocycles. The third kappa shape index (κ3) is 49.4. The van der Waals surface area contributed by atoms with Crippen molar-refractivity contribution >= 4 is 22.2 Å². The van der Waals surface area contributed by atoms with E-state index in [1.165, 1.54) is 130 Å². The first-order valence-electron chi connectivity index (χ1n) is 32.0. The van der Waals surface area contributed by atoms with E-state index in [-0.39, 0.29) is 48.4 Å². The molecule has 0 amide bonds. The van der Waals surface area contributed by atoms with Crippen molar-refractivity contribution in [1.29, 1.82) is 0 Å². The third-order valence-corrected chi connectivity index (χ3v) is 14.1. The van der Waals surface area contributed by atoms with Crippen LogP contribution in [0.25, 0.3) is 0 Å². The SMILES string of the molecule is CC(CCCCCC=O)COc1ccc(F)cc1.CC(CCCCCO)COc1ccc(F)cc1.CCCCCBr.CCCCCCC(C)COc1ccc(F)cc1.CCCCCCC(O)COc1ccc(F)cc1.Fc1ccc(OCC2CO2)cc1. The highest BCUT2D eigenvalue weighted by Crippen LogP contribution is 2.20. The number of ether oxygens (including phenoxy) is 6. The lowest BCUT2D eigenvalue weighted by Crippen LogP contribution is -2.17. The maximum atomic E-state index is 12.7. The van der Waals surface area contributed by atoms with Gasteiger partial charge in [-0.2, -0.15) is 0 Å². The lowest BCUT2D eigenvalue weighted by Gasteiger charge is -2.12. The minimum absolute atomic E-state index is 0.218. The molecule has 0 radical (unpaired) electrons. The van der Waals surface area contributed by atoms with E-state index in [2.05, 4.69) is 57.5 Å². The number of aliphatic hydroxyl groups excluding tert-OH is 2. The number of hydrogen-bond acceptors (Lipinski definition) is 9. The second-order valence-electron chi connectivity index (χ2n) is 22.2. The largest absolute Gasteiger partial charge is 0.493 e. The first-order chi connectivity index (χ1) is 42.1. The van der Waals surface area contributed by atoms with Crippen molar-refractivity contribution in [2.24, 2.45) is 17.8 Å². The molecule has 1 fully saturated rings. The molecule has 87 heavy (non-hydrogen) atoms. The van der Waals surface area contributed by atoms with Gasteiger partial charge < -0.3 is 43.4 Å². The minimum Gasteiger partial charge on any atom is -0.493 e. The molecule has 15 heteroatoms. The summed E-state index contributed by atoms with van der Waals surface area (Å²) >= 11 is 3.35. The maximum Gasteiger partial charge on any atom is 0.123 e. The quantitative estimate of drug-likeness (QED) is 0.0130. The monoisotopic (exact) mass is 1290 g/mol. The van der Waals surface area contributed by atoms with E-state index in [4.69, 9.17) is 33.5 Å². The minimum atomic E-state index is -0.433. The predicted octanol–water partition coefficient (Wildman–Crippen LogP) is 19.9. The molecule has 5 aromatic carbocycles. The van der Waals surface area contributed by atoms with Crippen molar-refractivity contribution in [2.75, 3.05) is 51.6 Å². The number of aldehydes is 1. The highest BCUT2D eigenvalue weighted by molar-refractivity contribution is 9.09. The summed E-state index contributed by atoms with van der Waals surface area (Å²) in [6, 6.07) is 30.2. The Morgan fingerprint density at radius 3 is 1.05 bits per heavy atom. The molecule has 1 aliphatic heterocycles. The van der Waals surface area contributed by atoms with Crippen LogP contribution in [0.5, 0.6) is 28.7 Å². The molecule has 0 aromatic heterocycles. The van der Waals surface area contributed by atoms with Gasteiger partial charge in [-0.1, -0.05) is 147 Å². The Labute approximate surface area is 528 Å². The molecule has 0 saturated carbocycles. The summed E-state index contributed by atoms with van der Waals surface area (Å²) in [6.07, 6.45) is 25.7. The number of rotatable bonds is 39. The van der Waals surface area contributed by atoms with E-state index < -0.39 is 6.10 Å². The molecule has 5 atom stereocenters. The Kier molecular flexibility index (Phi) is 50.3. The van der Waals surface area contributed by atoms with Crippen LogP contribution in [0.3, 0.4) is 0 Å². The number of hydrogen-bond donors (Lipinski definition) is 2. The smallest absolute Gasteiger partial charge is 0.123 e. The first-order valence-corrected chi connectivity index (χ1v) is 33.1. The second kappa shape index (κ2) is 54.9. The number of benzene rings is 5. The number of epoxide rings is 1. The van der Waals surface area contributed by atoms with Gasteiger partial charge >= 0.3 is 0 Å². The van der Waals surface area contributed by atoms with E-state index >= 15 is 0 Å². The Morgan fingerprint density at radius 1 is 0.448 bits per heavy atom. The number of alkyl halides is 1. The highest BCUT2D eigenvalue weighted by atomic mass is 79.9. The van der Waals surface area contributed by atoms with Gasteiger partial charge in [0.2, 0.25) is 0 Å². The number of unbranched alkanes of at least 4 members (excludes halogenated alkanes) is 13. The van der Waals surface area contributed by atoms with E-state index in [1.807, 2.05) is 0 Å². The Bertz CT molecular complexity index is 2140. The van der Waals surface area contributed by atoms with Crippen LogP contribution >= 0.6 is 15.9 Å². The number of carbonyl (C=O) groups excluding carboxylic acids is 1. The van der Waals surface area contributed by atoms with Crippen LogP contribution in [0.4, 0.5) is 22.0 Å². The average Bonchev–Trinajstić information content (AvgIpc) is 4.53. The molecule has 6 rings (SSSR count). The van der Waals surface area contributed by atoms with Crippen LogP contribution in [0.2, 0.25) is 0 Å². The Hall–Kier alpha value is -5.22. The van der Waals surface area contributed by atoms with Crippen LogP contribution in [0.15, 0.2) is 121 Å². The van der Waals surface area contributed by atoms with Crippen LogP contribution in [0.1, 0.15) is 183 Å². The normalized spacial score (nSPS) is 13.2. The fourth-order valence-corrected chi connectivity index (χ4v) is 8.39. The van der Waals surface area contributed by atoms with Gasteiger partial charge in [-0.25, -0.2) is 22.0 Å². The summed E-state index contributed by atoms with van der Waals surface area (Å²) in [5.74, 6) is 3.77. The average molecular weight is 1290 g/mol. The van der Waals surface area contributed by atoms with E-state index in [0.29, 0.717) is 67.0 Å². The standard InChI is InChI=1S/C15H21FO2.C15H23FO.2C14H21FO2.C9H9FO2.C5H11Br/c1-13(6-4-2-3-5-11-17)12-18-15-9-7-14(16)8-10-15;1-3-4-5-6-7-13(2)12-17-15-10-8-14(16)9-11-15;1-12(5-3-2-4-10-16)11-17-14-8-6-13(15)7-9-14;1-2-3-4-5-6-13(16)11-17-14-9-7-12(15)8-10-14;10-7-1-3-8(4-2-7)11-5-9-6-12-9;1-2-3-4-5-6/h7-11,13H,2-6,12H2,1H3;8-11,13H,3-7,12H2,1-2H3;6-9,12,16H,2-5,10-11H2,1H3;7-10,13,16H,2-6,11H2,1H3;1-4,9H,5-6H2;2-5H2,1H3. The molecule has 5 aromatic rings. The molecule has 0 aliphatic carbocycles. The van der Waals surface area contributed by atoms with Crippen LogP contribution in [-0.4, -0.2) is 80.3 Å². The molecule has 0 spiro atoms. The Morgan fingerprint density at radius 2 is 0.747 bits per heavy atom. The fraction of sp³-hybridized carbons (Fsp3) is 0.569. The topological polar surface area (TPSA) is 116 Å². The molecule has 0 bridgehead atoms.